The number of carbonyl (C=O) groups is 3. The summed E-state index contributed by atoms with van der Waals surface area (Å²) in [4.78, 5) is 33.8. The molecule has 20 heavy (non-hydrogen) atoms. The van der Waals surface area contributed by atoms with E-state index in [1.54, 1.807) is 13.0 Å². The van der Waals surface area contributed by atoms with Crippen molar-refractivity contribution in [3.05, 3.63) is 28.8 Å². The molecule has 0 saturated carbocycles. The maximum Gasteiger partial charge on any atom is 0.321 e. The Kier molecular flexibility index (Phi) is 5.99. The van der Waals surface area contributed by atoms with Crippen LogP contribution in [0, 0.1) is 0 Å². The molecule has 0 aliphatic heterocycles. The third-order valence-electron chi connectivity index (χ3n) is 2.38. The Bertz CT molecular complexity index is 519. The third-order valence-corrected chi connectivity index (χ3v) is 2.71. The monoisotopic (exact) mass is 298 g/mol. The molecule has 0 fully saturated rings. The quantitative estimate of drug-likeness (QED) is 0.811. The minimum absolute atomic E-state index is 0.159. The van der Waals surface area contributed by atoms with Gasteiger partial charge in [0.05, 0.1) is 10.6 Å². The van der Waals surface area contributed by atoms with E-state index < -0.39 is 18.0 Å². The number of aldehydes is 1. The van der Waals surface area contributed by atoms with Crippen molar-refractivity contribution >= 4 is 29.8 Å². The zero-order valence-corrected chi connectivity index (χ0v) is 11.9. The number of imide groups is 1. The van der Waals surface area contributed by atoms with Crippen molar-refractivity contribution < 1.29 is 19.1 Å². The van der Waals surface area contributed by atoms with Gasteiger partial charge >= 0.3 is 6.03 Å². The Labute approximate surface area is 121 Å². The molecule has 0 aromatic heterocycles. The Balaban J connectivity index is 2.73. The van der Waals surface area contributed by atoms with Crippen LogP contribution >= 0.6 is 11.6 Å². The summed E-state index contributed by atoms with van der Waals surface area (Å²) in [6.07, 6.45) is -0.402. The van der Waals surface area contributed by atoms with Crippen molar-refractivity contribution in [1.29, 1.82) is 0 Å². The summed E-state index contributed by atoms with van der Waals surface area (Å²) in [5.41, 5.74) is 0.159. The molecule has 1 aromatic rings. The van der Waals surface area contributed by atoms with Crippen LogP contribution in [-0.2, 0) is 4.79 Å². The fraction of sp³-hybridized carbons (Fsp3) is 0.308. The van der Waals surface area contributed by atoms with Crippen LogP contribution in [0.1, 0.15) is 24.2 Å². The maximum absolute atomic E-state index is 11.7. The lowest BCUT2D eigenvalue weighted by molar-refractivity contribution is -0.126. The van der Waals surface area contributed by atoms with Crippen molar-refractivity contribution in [2.45, 2.75) is 20.0 Å². The lowest BCUT2D eigenvalue weighted by Crippen LogP contribution is -2.45. The molecule has 1 unspecified atom stereocenters. The zero-order valence-electron chi connectivity index (χ0n) is 11.1. The fourth-order valence-corrected chi connectivity index (χ4v) is 1.61. The number of ether oxygens (including phenoxy) is 1. The second-order valence-corrected chi connectivity index (χ2v) is 4.29. The molecule has 0 radical (unpaired) electrons. The standard InChI is InChI=1S/C13H15ClN2O4/c1-3-15-13(19)16-12(18)8(2)20-11-6-4-5-10(14)9(11)7-17/h4-8H,3H2,1-2H3,(H2,15,16,18,19). The fourth-order valence-electron chi connectivity index (χ4n) is 1.40. The van der Waals surface area contributed by atoms with Crippen LogP contribution in [0.2, 0.25) is 5.02 Å². The largest absolute Gasteiger partial charge is 0.480 e. The van der Waals surface area contributed by atoms with E-state index in [4.69, 9.17) is 16.3 Å². The molecule has 2 N–H and O–H groups in total. The molecule has 1 rings (SSSR count). The van der Waals surface area contributed by atoms with E-state index in [0.29, 0.717) is 12.8 Å². The Morgan fingerprint density at radius 2 is 2.15 bits per heavy atom. The SMILES string of the molecule is CCNC(=O)NC(=O)C(C)Oc1cccc(Cl)c1C=O. The van der Waals surface area contributed by atoms with E-state index in [1.165, 1.54) is 19.1 Å². The van der Waals surface area contributed by atoms with Gasteiger partial charge in [-0.1, -0.05) is 17.7 Å². The first-order valence-electron chi connectivity index (χ1n) is 5.98. The van der Waals surface area contributed by atoms with Gasteiger partial charge in [0.25, 0.3) is 5.91 Å². The third kappa shape index (κ3) is 4.24. The molecule has 0 heterocycles. The Morgan fingerprint density at radius 3 is 2.75 bits per heavy atom. The van der Waals surface area contributed by atoms with Gasteiger partial charge in [0.15, 0.2) is 12.4 Å². The first-order chi connectivity index (χ1) is 9.49. The molecule has 3 amide bonds. The van der Waals surface area contributed by atoms with E-state index in [-0.39, 0.29) is 16.3 Å². The minimum atomic E-state index is -0.949. The van der Waals surface area contributed by atoms with Gasteiger partial charge < -0.3 is 10.1 Å². The summed E-state index contributed by atoms with van der Waals surface area (Å²) < 4.78 is 5.35. The minimum Gasteiger partial charge on any atom is -0.480 e. The van der Waals surface area contributed by atoms with E-state index in [9.17, 15) is 14.4 Å². The molecule has 1 atom stereocenters. The topological polar surface area (TPSA) is 84.5 Å². The van der Waals surface area contributed by atoms with Crippen LogP contribution in [-0.4, -0.2) is 30.9 Å². The van der Waals surface area contributed by atoms with Crippen molar-refractivity contribution in [3.63, 3.8) is 0 Å². The van der Waals surface area contributed by atoms with Gasteiger partial charge in [-0.3, -0.25) is 14.9 Å². The summed E-state index contributed by atoms with van der Waals surface area (Å²) in [5, 5.41) is 4.77. The summed E-state index contributed by atoms with van der Waals surface area (Å²) in [5.74, 6) is -0.432. The van der Waals surface area contributed by atoms with Gasteiger partial charge in [-0.25, -0.2) is 4.79 Å². The van der Waals surface area contributed by atoms with E-state index in [1.807, 2.05) is 0 Å². The summed E-state index contributed by atoms with van der Waals surface area (Å²) in [6.45, 7) is 3.59. The molecule has 6 nitrogen and oxygen atoms in total. The van der Waals surface area contributed by atoms with Gasteiger partial charge in [-0.05, 0) is 26.0 Å². The molecule has 1 aromatic carbocycles. The van der Waals surface area contributed by atoms with E-state index >= 15 is 0 Å². The van der Waals surface area contributed by atoms with Crippen LogP contribution in [0.15, 0.2) is 18.2 Å². The number of amides is 3. The smallest absolute Gasteiger partial charge is 0.321 e. The Morgan fingerprint density at radius 1 is 1.45 bits per heavy atom. The predicted octanol–water partition coefficient (Wildman–Crippen LogP) is 1.77. The molecule has 0 spiro atoms. The number of nitrogens with one attached hydrogen (secondary N) is 2. The Hall–Kier alpha value is -2.08. The van der Waals surface area contributed by atoms with Crippen molar-refractivity contribution in [1.82, 2.24) is 10.6 Å². The first kappa shape index (κ1) is 16.0. The number of carbonyl (C=O) groups excluding carboxylic acids is 3. The number of hydrogen-bond acceptors (Lipinski definition) is 4. The van der Waals surface area contributed by atoms with Gasteiger partial charge in [0, 0.05) is 6.54 Å². The van der Waals surface area contributed by atoms with E-state index in [2.05, 4.69) is 10.6 Å². The molecular formula is C13H15ClN2O4. The molecular weight excluding hydrogens is 284 g/mol. The number of rotatable bonds is 5. The highest BCUT2D eigenvalue weighted by atomic mass is 35.5. The lowest BCUT2D eigenvalue weighted by atomic mass is 10.2. The molecule has 0 aliphatic rings. The number of benzene rings is 1. The number of hydrogen-bond donors (Lipinski definition) is 2. The van der Waals surface area contributed by atoms with Crippen LogP contribution in [0.4, 0.5) is 4.79 Å². The van der Waals surface area contributed by atoms with Crippen LogP contribution < -0.4 is 15.4 Å². The van der Waals surface area contributed by atoms with Gasteiger partial charge in [0.2, 0.25) is 0 Å². The van der Waals surface area contributed by atoms with E-state index in [0.717, 1.165) is 0 Å². The molecule has 0 aliphatic carbocycles. The molecule has 0 bridgehead atoms. The summed E-state index contributed by atoms with van der Waals surface area (Å²) >= 11 is 5.84. The molecule has 7 heteroatoms. The average molecular weight is 299 g/mol. The van der Waals surface area contributed by atoms with Gasteiger partial charge in [-0.15, -0.1) is 0 Å². The second-order valence-electron chi connectivity index (χ2n) is 3.88. The average Bonchev–Trinajstić information content (AvgIpc) is 2.39. The maximum atomic E-state index is 11.7. The highest BCUT2D eigenvalue weighted by molar-refractivity contribution is 6.33. The first-order valence-corrected chi connectivity index (χ1v) is 6.36. The van der Waals surface area contributed by atoms with Crippen LogP contribution in [0.5, 0.6) is 5.75 Å². The van der Waals surface area contributed by atoms with Crippen LogP contribution in [0.3, 0.4) is 0 Å². The van der Waals surface area contributed by atoms with Crippen LogP contribution in [0.25, 0.3) is 0 Å². The number of urea groups is 1. The zero-order chi connectivity index (χ0) is 15.1. The van der Waals surface area contributed by atoms with Crippen molar-refractivity contribution in [2.24, 2.45) is 0 Å². The molecule has 0 saturated heterocycles. The lowest BCUT2D eigenvalue weighted by Gasteiger charge is -2.15. The van der Waals surface area contributed by atoms with Gasteiger partial charge in [-0.2, -0.15) is 0 Å². The predicted molar refractivity (Wildman–Crippen MR) is 74.1 cm³/mol. The number of halogens is 1. The normalized spacial score (nSPS) is 11.3. The van der Waals surface area contributed by atoms with Crippen molar-refractivity contribution in [2.75, 3.05) is 6.54 Å². The van der Waals surface area contributed by atoms with Crippen molar-refractivity contribution in [3.8, 4) is 5.75 Å². The second kappa shape index (κ2) is 7.49. The highest BCUT2D eigenvalue weighted by Crippen LogP contribution is 2.25. The highest BCUT2D eigenvalue weighted by Gasteiger charge is 2.19. The summed E-state index contributed by atoms with van der Waals surface area (Å²) in [7, 11) is 0. The molecule has 108 valence electrons. The summed E-state index contributed by atoms with van der Waals surface area (Å²) in [6, 6.07) is 4.05. The van der Waals surface area contributed by atoms with Gasteiger partial charge in [0.1, 0.15) is 5.75 Å².